The minimum Gasteiger partial charge on any atom is -0.356 e. The molecule has 0 aromatic carbocycles. The molecular weight excluding hydrogens is 236 g/mol. The van der Waals surface area contributed by atoms with Gasteiger partial charge in [0, 0.05) is 18.0 Å². The fourth-order valence-corrected chi connectivity index (χ4v) is 1.75. The number of aldehydes is 4. The molecule has 0 spiro atoms. The predicted octanol–water partition coefficient (Wildman–Crippen LogP) is 1.06. The quantitative estimate of drug-likeness (QED) is 0.796. The molecule has 0 radical (unpaired) electrons. The first-order valence-corrected chi connectivity index (χ1v) is 5.00. The molecule has 0 fully saturated rings. The molecule has 2 aromatic rings. The number of carbonyl (C=O) groups excluding carboxylic acids is 4. The lowest BCUT2D eigenvalue weighted by Crippen LogP contribution is -2.02. The Kier molecular flexibility index (Phi) is 3.01. The van der Waals surface area contributed by atoms with Crippen LogP contribution in [0.3, 0.4) is 0 Å². The van der Waals surface area contributed by atoms with E-state index in [-0.39, 0.29) is 22.5 Å². The number of rotatable bonds is 5. The summed E-state index contributed by atoms with van der Waals surface area (Å²) in [7, 11) is 0. The number of hydrogen-bond donors (Lipinski definition) is 1. The Morgan fingerprint density at radius 1 is 1.00 bits per heavy atom. The van der Waals surface area contributed by atoms with E-state index in [1.54, 1.807) is 0 Å². The monoisotopic (exact) mass is 244 g/mol. The van der Waals surface area contributed by atoms with Gasteiger partial charge in [-0.05, 0) is 6.07 Å². The van der Waals surface area contributed by atoms with Crippen LogP contribution in [-0.2, 0) is 0 Å². The van der Waals surface area contributed by atoms with Gasteiger partial charge < -0.3 is 9.55 Å². The summed E-state index contributed by atoms with van der Waals surface area (Å²) in [6.45, 7) is 0. The Morgan fingerprint density at radius 3 is 2.33 bits per heavy atom. The van der Waals surface area contributed by atoms with Gasteiger partial charge in [-0.3, -0.25) is 19.2 Å². The van der Waals surface area contributed by atoms with Gasteiger partial charge in [-0.15, -0.1) is 0 Å². The first kappa shape index (κ1) is 11.7. The zero-order chi connectivity index (χ0) is 13.1. The Balaban J connectivity index is 2.69. The molecule has 0 atom stereocenters. The summed E-state index contributed by atoms with van der Waals surface area (Å²) in [6, 6.07) is 1.46. The molecular formula is C12H8N2O4. The van der Waals surface area contributed by atoms with Crippen LogP contribution in [0.4, 0.5) is 0 Å². The molecule has 0 saturated heterocycles. The Hall–Kier alpha value is -2.76. The van der Waals surface area contributed by atoms with Crippen LogP contribution in [-0.4, -0.2) is 34.7 Å². The minimum absolute atomic E-state index is 0.123. The van der Waals surface area contributed by atoms with Crippen molar-refractivity contribution in [2.45, 2.75) is 0 Å². The van der Waals surface area contributed by atoms with Crippen molar-refractivity contribution in [1.82, 2.24) is 9.55 Å². The number of H-pyrrole nitrogens is 1. The lowest BCUT2D eigenvalue weighted by molar-refractivity contribution is 0.109. The second kappa shape index (κ2) is 4.62. The summed E-state index contributed by atoms with van der Waals surface area (Å²) >= 11 is 0. The molecule has 0 unspecified atom stereocenters. The third kappa shape index (κ3) is 1.60. The number of nitrogens with one attached hydrogen (secondary N) is 1. The van der Waals surface area contributed by atoms with E-state index in [0.717, 1.165) is 0 Å². The molecule has 0 aliphatic heterocycles. The van der Waals surface area contributed by atoms with Crippen molar-refractivity contribution in [3.63, 3.8) is 0 Å². The topological polar surface area (TPSA) is 89.0 Å². The maximum Gasteiger partial charge on any atom is 0.167 e. The van der Waals surface area contributed by atoms with Crippen LogP contribution in [0.5, 0.6) is 0 Å². The molecule has 6 nitrogen and oxygen atoms in total. The molecule has 0 bridgehead atoms. The first-order chi connectivity index (χ1) is 8.76. The lowest BCUT2D eigenvalue weighted by Gasteiger charge is -2.03. The molecule has 0 saturated carbocycles. The molecule has 0 aliphatic rings. The highest BCUT2D eigenvalue weighted by atomic mass is 16.1. The van der Waals surface area contributed by atoms with Gasteiger partial charge in [-0.25, -0.2) is 0 Å². The fraction of sp³-hybridized carbons (Fsp3) is 0. The van der Waals surface area contributed by atoms with Gasteiger partial charge in [0.25, 0.3) is 0 Å². The molecule has 18 heavy (non-hydrogen) atoms. The van der Waals surface area contributed by atoms with E-state index in [1.165, 1.54) is 23.0 Å². The average molecular weight is 244 g/mol. The molecule has 0 amide bonds. The van der Waals surface area contributed by atoms with Crippen molar-refractivity contribution in [2.75, 3.05) is 0 Å². The second-order valence-corrected chi connectivity index (χ2v) is 3.50. The Morgan fingerprint density at radius 2 is 1.78 bits per heavy atom. The van der Waals surface area contributed by atoms with Gasteiger partial charge in [0.2, 0.25) is 0 Å². The van der Waals surface area contributed by atoms with E-state index in [9.17, 15) is 19.2 Å². The third-order valence-corrected chi connectivity index (χ3v) is 2.62. The summed E-state index contributed by atoms with van der Waals surface area (Å²) in [5.41, 5.74) is 0.960. The molecule has 2 heterocycles. The van der Waals surface area contributed by atoms with Crippen LogP contribution in [0.1, 0.15) is 41.7 Å². The number of hydrogen-bond acceptors (Lipinski definition) is 4. The molecule has 2 rings (SSSR count). The van der Waals surface area contributed by atoms with Gasteiger partial charge in [-0.1, -0.05) is 0 Å². The van der Waals surface area contributed by atoms with Crippen molar-refractivity contribution in [1.29, 1.82) is 0 Å². The van der Waals surface area contributed by atoms with Crippen molar-refractivity contribution in [3.8, 4) is 5.69 Å². The Bertz CT molecular complexity index is 580. The van der Waals surface area contributed by atoms with Gasteiger partial charge in [0.05, 0.1) is 22.6 Å². The molecule has 6 heteroatoms. The highest BCUT2D eigenvalue weighted by Crippen LogP contribution is 2.19. The van der Waals surface area contributed by atoms with E-state index >= 15 is 0 Å². The van der Waals surface area contributed by atoms with Crippen LogP contribution in [0.25, 0.3) is 5.69 Å². The maximum atomic E-state index is 11.0. The van der Waals surface area contributed by atoms with Crippen LogP contribution in [0.15, 0.2) is 18.5 Å². The van der Waals surface area contributed by atoms with Crippen molar-refractivity contribution >= 4 is 25.1 Å². The van der Waals surface area contributed by atoms with Gasteiger partial charge in [-0.2, -0.15) is 0 Å². The largest absolute Gasteiger partial charge is 0.356 e. The number of nitrogens with zero attached hydrogens (tertiary/aromatic N) is 1. The van der Waals surface area contributed by atoms with E-state index in [2.05, 4.69) is 4.98 Å². The third-order valence-electron chi connectivity index (χ3n) is 2.62. The second-order valence-electron chi connectivity index (χ2n) is 3.50. The normalized spacial score (nSPS) is 10.0. The zero-order valence-electron chi connectivity index (χ0n) is 9.12. The summed E-state index contributed by atoms with van der Waals surface area (Å²) in [6.07, 6.45) is 5.01. The van der Waals surface area contributed by atoms with Crippen molar-refractivity contribution in [2.24, 2.45) is 0 Å². The van der Waals surface area contributed by atoms with Gasteiger partial charge >= 0.3 is 0 Å². The standard InChI is InChI=1S/C12H8N2O4/c15-4-8-1-2-14(12(8)7-18)11-3-13-10(6-17)9(11)5-16/h1-7,13H. The number of carbonyl (C=O) groups is 4. The number of aromatic nitrogens is 2. The molecule has 0 aliphatic carbocycles. The SMILES string of the molecule is O=Cc1ccn(-c2c[nH]c(C=O)c2C=O)c1C=O. The molecule has 90 valence electrons. The van der Waals surface area contributed by atoms with Crippen LogP contribution in [0.2, 0.25) is 0 Å². The molecule has 2 aromatic heterocycles. The van der Waals surface area contributed by atoms with Crippen molar-refractivity contribution < 1.29 is 19.2 Å². The predicted molar refractivity (Wildman–Crippen MR) is 61.7 cm³/mol. The summed E-state index contributed by atoms with van der Waals surface area (Å²) in [5.74, 6) is 0. The summed E-state index contributed by atoms with van der Waals surface area (Å²) in [4.78, 5) is 46.0. The van der Waals surface area contributed by atoms with E-state index < -0.39 is 0 Å². The number of aromatic amines is 1. The zero-order valence-corrected chi connectivity index (χ0v) is 9.12. The van der Waals surface area contributed by atoms with E-state index in [1.807, 2.05) is 0 Å². The first-order valence-electron chi connectivity index (χ1n) is 5.00. The van der Waals surface area contributed by atoms with Crippen molar-refractivity contribution in [3.05, 3.63) is 41.0 Å². The van der Waals surface area contributed by atoms with E-state index in [4.69, 9.17) is 0 Å². The Labute approximate surface area is 101 Å². The molecule has 1 N–H and O–H groups in total. The van der Waals surface area contributed by atoms with Gasteiger partial charge in [0.1, 0.15) is 0 Å². The highest BCUT2D eigenvalue weighted by molar-refractivity contribution is 5.95. The van der Waals surface area contributed by atoms with Crippen LogP contribution >= 0.6 is 0 Å². The minimum atomic E-state index is 0.123. The average Bonchev–Trinajstić information content (AvgIpc) is 3.00. The highest BCUT2D eigenvalue weighted by Gasteiger charge is 2.15. The fourth-order valence-electron chi connectivity index (χ4n) is 1.75. The van der Waals surface area contributed by atoms with Crippen LogP contribution in [0, 0.1) is 0 Å². The van der Waals surface area contributed by atoms with Crippen LogP contribution < -0.4 is 0 Å². The lowest BCUT2D eigenvalue weighted by atomic mass is 10.2. The smallest absolute Gasteiger partial charge is 0.167 e. The summed E-state index contributed by atoms with van der Waals surface area (Å²) < 4.78 is 1.38. The van der Waals surface area contributed by atoms with E-state index in [0.29, 0.717) is 30.8 Å². The summed E-state index contributed by atoms with van der Waals surface area (Å²) in [5, 5.41) is 0. The maximum absolute atomic E-state index is 11.0. The van der Waals surface area contributed by atoms with Gasteiger partial charge in [0.15, 0.2) is 25.1 Å².